The van der Waals surface area contributed by atoms with Crippen LogP contribution in [0, 0.1) is 11.3 Å². The maximum atomic E-state index is 12.4. The first-order valence-electron chi connectivity index (χ1n) is 9.87. The molecule has 1 amide bonds. The van der Waals surface area contributed by atoms with Crippen molar-refractivity contribution in [1.29, 1.82) is 5.26 Å². The van der Waals surface area contributed by atoms with Crippen molar-refractivity contribution >= 4 is 34.5 Å². The van der Waals surface area contributed by atoms with Crippen molar-refractivity contribution in [3.8, 4) is 6.07 Å². The number of fused-ring (bicyclic) bond motifs is 1. The summed E-state index contributed by atoms with van der Waals surface area (Å²) in [7, 11) is 0. The van der Waals surface area contributed by atoms with Crippen LogP contribution in [0.4, 0.5) is 5.82 Å². The maximum Gasteiger partial charge on any atom is 0.256 e. The van der Waals surface area contributed by atoms with Crippen LogP contribution in [0.25, 0.3) is 11.2 Å². The number of amides is 1. The number of nitriles is 1. The molecule has 1 aliphatic rings. The molecule has 1 saturated carbocycles. The Kier molecular flexibility index (Phi) is 4.64. The van der Waals surface area contributed by atoms with E-state index in [0.29, 0.717) is 27.6 Å². The van der Waals surface area contributed by atoms with Crippen molar-refractivity contribution in [3.05, 3.63) is 82.4 Å². The Morgan fingerprint density at radius 1 is 1.16 bits per heavy atom. The molecule has 2 N–H and O–H groups in total. The van der Waals surface area contributed by atoms with Crippen LogP contribution in [0.5, 0.6) is 0 Å². The van der Waals surface area contributed by atoms with Gasteiger partial charge in [0.2, 0.25) is 0 Å². The Morgan fingerprint density at radius 3 is 2.71 bits per heavy atom. The average Bonchev–Trinajstić information content (AvgIpc) is 3.17. The zero-order chi connectivity index (χ0) is 21.4. The highest BCUT2D eigenvalue weighted by atomic mass is 35.5. The van der Waals surface area contributed by atoms with Crippen molar-refractivity contribution in [3.63, 3.8) is 0 Å². The molecule has 1 fully saturated rings. The first-order chi connectivity index (χ1) is 15.1. The van der Waals surface area contributed by atoms with Gasteiger partial charge in [-0.05, 0) is 48.7 Å². The van der Waals surface area contributed by atoms with E-state index in [1.165, 1.54) is 6.20 Å². The van der Waals surface area contributed by atoms with Gasteiger partial charge in [0.05, 0.1) is 16.5 Å². The number of anilines is 1. The summed E-state index contributed by atoms with van der Waals surface area (Å²) in [5.41, 5.74) is 3.07. The van der Waals surface area contributed by atoms with Crippen molar-refractivity contribution in [2.24, 2.45) is 0 Å². The minimum absolute atomic E-state index is 0.266. The third-order valence-electron chi connectivity index (χ3n) is 5.77. The summed E-state index contributed by atoms with van der Waals surface area (Å²) in [5.74, 6) is 1.03. The number of aromatic nitrogens is 4. The highest BCUT2D eigenvalue weighted by Gasteiger charge is 2.43. The minimum atomic E-state index is -0.268. The molecule has 1 aromatic carbocycles. The molecule has 5 rings (SSSR count). The molecule has 0 atom stereocenters. The van der Waals surface area contributed by atoms with Gasteiger partial charge in [0, 0.05) is 23.0 Å². The van der Waals surface area contributed by atoms with E-state index in [0.717, 1.165) is 36.2 Å². The van der Waals surface area contributed by atoms with Crippen LogP contribution in [-0.2, 0) is 5.41 Å². The first kappa shape index (κ1) is 19.2. The predicted molar refractivity (Wildman–Crippen MR) is 117 cm³/mol. The number of nitrogens with zero attached hydrogens (tertiary/aromatic N) is 4. The Labute approximate surface area is 183 Å². The fourth-order valence-corrected chi connectivity index (χ4v) is 4.14. The summed E-state index contributed by atoms with van der Waals surface area (Å²) in [6, 6.07) is 14.4. The van der Waals surface area contributed by atoms with Crippen LogP contribution < -0.4 is 5.32 Å². The van der Waals surface area contributed by atoms with E-state index >= 15 is 0 Å². The smallest absolute Gasteiger partial charge is 0.256 e. The number of imidazole rings is 1. The molecule has 0 bridgehead atoms. The van der Waals surface area contributed by atoms with E-state index in [1.54, 1.807) is 42.6 Å². The quantitative estimate of drug-likeness (QED) is 0.494. The lowest BCUT2D eigenvalue weighted by Gasteiger charge is -2.40. The second-order valence-corrected chi connectivity index (χ2v) is 8.06. The normalized spacial score (nSPS) is 14.6. The summed E-state index contributed by atoms with van der Waals surface area (Å²) >= 11 is 5.96. The van der Waals surface area contributed by atoms with Gasteiger partial charge in [0.25, 0.3) is 5.91 Å². The molecule has 31 heavy (non-hydrogen) atoms. The van der Waals surface area contributed by atoms with Gasteiger partial charge in [0.15, 0.2) is 5.65 Å². The molecular formula is C23H17ClN6O. The highest BCUT2D eigenvalue weighted by molar-refractivity contribution is 6.31. The van der Waals surface area contributed by atoms with Gasteiger partial charge in [-0.15, -0.1) is 0 Å². The molecule has 0 aliphatic heterocycles. The lowest BCUT2D eigenvalue weighted by Crippen LogP contribution is -2.36. The van der Waals surface area contributed by atoms with Gasteiger partial charge in [-0.3, -0.25) is 4.79 Å². The fraction of sp³-hybridized carbons (Fsp3) is 0.174. The summed E-state index contributed by atoms with van der Waals surface area (Å²) in [5, 5.41) is 12.4. The van der Waals surface area contributed by atoms with Gasteiger partial charge in [-0.2, -0.15) is 5.26 Å². The molecule has 3 aromatic heterocycles. The molecule has 0 unspecified atom stereocenters. The number of hydrogen-bond donors (Lipinski definition) is 2. The van der Waals surface area contributed by atoms with Crippen molar-refractivity contribution in [2.75, 3.05) is 5.32 Å². The first-order valence-corrected chi connectivity index (χ1v) is 10.2. The van der Waals surface area contributed by atoms with Gasteiger partial charge < -0.3 is 10.3 Å². The number of rotatable bonds is 4. The SMILES string of the molecule is N#Cc1cnc2nc(C3(c4ccc(NC(=O)c5cccc(Cl)c5)nc4)CCC3)[nH]c2c1. The molecule has 0 saturated heterocycles. The van der Waals surface area contributed by atoms with Gasteiger partial charge in [-0.25, -0.2) is 15.0 Å². The number of nitrogens with one attached hydrogen (secondary N) is 2. The second kappa shape index (κ2) is 7.49. The summed E-state index contributed by atoms with van der Waals surface area (Å²) in [6.45, 7) is 0. The van der Waals surface area contributed by atoms with E-state index in [9.17, 15) is 4.79 Å². The van der Waals surface area contributed by atoms with E-state index in [2.05, 4.69) is 26.3 Å². The number of hydrogen-bond acceptors (Lipinski definition) is 5. The lowest BCUT2D eigenvalue weighted by molar-refractivity contribution is 0.102. The van der Waals surface area contributed by atoms with Crippen molar-refractivity contribution < 1.29 is 4.79 Å². The van der Waals surface area contributed by atoms with Gasteiger partial charge in [-0.1, -0.05) is 30.2 Å². The molecule has 0 spiro atoms. The van der Waals surface area contributed by atoms with Crippen LogP contribution in [0.15, 0.2) is 54.9 Å². The van der Waals surface area contributed by atoms with Crippen LogP contribution in [0.3, 0.4) is 0 Å². The number of carbonyl (C=O) groups is 1. The molecule has 7 nitrogen and oxygen atoms in total. The number of carbonyl (C=O) groups excluding carboxylic acids is 1. The van der Waals surface area contributed by atoms with Crippen LogP contribution in [0.1, 0.15) is 46.6 Å². The van der Waals surface area contributed by atoms with Crippen molar-refractivity contribution in [1.82, 2.24) is 19.9 Å². The predicted octanol–water partition coefficient (Wildman–Crippen LogP) is 4.60. The lowest BCUT2D eigenvalue weighted by atomic mass is 9.64. The van der Waals surface area contributed by atoms with Crippen LogP contribution >= 0.6 is 11.6 Å². The molecule has 152 valence electrons. The Balaban J connectivity index is 1.41. The molecular weight excluding hydrogens is 412 g/mol. The molecule has 3 heterocycles. The van der Waals surface area contributed by atoms with Gasteiger partial charge in [0.1, 0.15) is 17.7 Å². The highest BCUT2D eigenvalue weighted by Crippen LogP contribution is 2.48. The third-order valence-corrected chi connectivity index (χ3v) is 6.01. The largest absolute Gasteiger partial charge is 0.340 e. The second-order valence-electron chi connectivity index (χ2n) is 7.62. The van der Waals surface area contributed by atoms with E-state index in [1.807, 2.05) is 6.07 Å². The van der Waals surface area contributed by atoms with E-state index < -0.39 is 0 Å². The zero-order valence-electron chi connectivity index (χ0n) is 16.4. The summed E-state index contributed by atoms with van der Waals surface area (Å²) < 4.78 is 0. The molecule has 4 aromatic rings. The van der Waals surface area contributed by atoms with Gasteiger partial charge >= 0.3 is 0 Å². The fourth-order valence-electron chi connectivity index (χ4n) is 3.95. The average molecular weight is 429 g/mol. The number of H-pyrrole nitrogens is 1. The number of pyridine rings is 2. The molecule has 8 heteroatoms. The Bertz CT molecular complexity index is 1330. The molecule has 1 aliphatic carbocycles. The van der Waals surface area contributed by atoms with E-state index in [-0.39, 0.29) is 11.3 Å². The maximum absolute atomic E-state index is 12.4. The van der Waals surface area contributed by atoms with Crippen LogP contribution in [0.2, 0.25) is 5.02 Å². The minimum Gasteiger partial charge on any atom is -0.340 e. The number of halogens is 1. The topological polar surface area (TPSA) is 107 Å². The van der Waals surface area contributed by atoms with Crippen LogP contribution in [-0.4, -0.2) is 25.8 Å². The summed E-state index contributed by atoms with van der Waals surface area (Å²) in [4.78, 5) is 29.2. The Hall–Kier alpha value is -3.76. The third kappa shape index (κ3) is 3.41. The molecule has 0 radical (unpaired) electrons. The standard InChI is InChI=1S/C23H17ClN6O/c24-17-4-1-3-15(10-17)21(31)29-19-6-5-16(13-26-19)23(7-2-8-23)22-28-18-9-14(11-25)12-27-20(18)30-22/h1,3-6,9-10,12-13H,2,7-8H2,(H,26,29,31)(H,27,28,30). The monoisotopic (exact) mass is 428 g/mol. The number of aromatic amines is 1. The van der Waals surface area contributed by atoms with Crippen molar-refractivity contribution in [2.45, 2.75) is 24.7 Å². The summed E-state index contributed by atoms with van der Waals surface area (Å²) in [6.07, 6.45) is 6.27. The van der Waals surface area contributed by atoms with E-state index in [4.69, 9.17) is 21.8 Å². The number of benzene rings is 1. The Morgan fingerprint density at radius 2 is 2.03 bits per heavy atom. The zero-order valence-corrected chi connectivity index (χ0v) is 17.1.